The molecule has 1 fully saturated rings. The normalized spacial score (nSPS) is 15.2. The van der Waals surface area contributed by atoms with Crippen LogP contribution in [0.25, 0.3) is 11.3 Å². The number of rotatable bonds is 7. The van der Waals surface area contributed by atoms with Gasteiger partial charge in [0.2, 0.25) is 5.91 Å². The van der Waals surface area contributed by atoms with Crippen molar-refractivity contribution in [2.24, 2.45) is 0 Å². The first kappa shape index (κ1) is 23.7. The summed E-state index contributed by atoms with van der Waals surface area (Å²) in [5.41, 5.74) is 2.79. The van der Waals surface area contributed by atoms with Crippen LogP contribution >= 0.6 is 0 Å². The van der Waals surface area contributed by atoms with Crippen LogP contribution < -0.4 is 0 Å². The van der Waals surface area contributed by atoms with Crippen molar-refractivity contribution in [2.75, 3.05) is 19.7 Å². The molecule has 0 saturated carbocycles. The van der Waals surface area contributed by atoms with Crippen molar-refractivity contribution in [1.29, 1.82) is 0 Å². The minimum Gasteiger partial charge on any atom is -0.461 e. The van der Waals surface area contributed by atoms with Crippen molar-refractivity contribution >= 4 is 11.9 Å². The summed E-state index contributed by atoms with van der Waals surface area (Å²) in [6.07, 6.45) is 2.18. The minimum atomic E-state index is -0.481. The maximum absolute atomic E-state index is 13.5. The van der Waals surface area contributed by atoms with E-state index in [-0.39, 0.29) is 36.0 Å². The Kier molecular flexibility index (Phi) is 7.40. The molecular weight excluding hydrogens is 433 g/mol. The molecule has 6 nitrogen and oxygen atoms in total. The van der Waals surface area contributed by atoms with E-state index in [2.05, 4.69) is 5.10 Å². The van der Waals surface area contributed by atoms with Crippen LogP contribution in [0.2, 0.25) is 0 Å². The van der Waals surface area contributed by atoms with E-state index in [9.17, 15) is 14.0 Å². The number of hydrogen-bond acceptors (Lipinski definition) is 4. The minimum absolute atomic E-state index is 0.0177. The Labute approximate surface area is 199 Å². The lowest BCUT2D eigenvalue weighted by atomic mass is 9.93. The number of nitrogens with zero attached hydrogens (tertiary/aromatic N) is 3. The lowest BCUT2D eigenvalue weighted by Gasteiger charge is -2.35. The second-order valence-corrected chi connectivity index (χ2v) is 8.51. The highest BCUT2D eigenvalue weighted by Gasteiger charge is 2.30. The second-order valence-electron chi connectivity index (χ2n) is 8.51. The van der Waals surface area contributed by atoms with Gasteiger partial charge in [-0.3, -0.25) is 9.48 Å². The predicted octanol–water partition coefficient (Wildman–Crippen LogP) is 5.22. The molecule has 2 aromatic carbocycles. The Bertz CT molecular complexity index is 1120. The molecule has 0 N–H and O–H groups in total. The molecule has 1 saturated heterocycles. The van der Waals surface area contributed by atoms with Gasteiger partial charge in [0.1, 0.15) is 5.82 Å². The fraction of sp³-hybridized carbons (Fsp3) is 0.370. The summed E-state index contributed by atoms with van der Waals surface area (Å²) < 4.78 is 20.5. The number of esters is 1. The van der Waals surface area contributed by atoms with Gasteiger partial charge in [-0.25, -0.2) is 9.18 Å². The third-order valence-electron chi connectivity index (χ3n) is 6.39. The SMILES string of the molecule is CCOC(=O)c1cc(-c2ccc(F)cc2)n(C2CCN(C(=O)[C@H](CC)c3ccccc3)CC2)n1. The third kappa shape index (κ3) is 5.03. The fourth-order valence-corrected chi connectivity index (χ4v) is 4.60. The molecule has 0 spiro atoms. The van der Waals surface area contributed by atoms with Gasteiger partial charge in [-0.05, 0) is 62.1 Å². The van der Waals surface area contributed by atoms with Crippen LogP contribution in [-0.4, -0.2) is 46.3 Å². The van der Waals surface area contributed by atoms with Gasteiger partial charge in [-0.15, -0.1) is 0 Å². The monoisotopic (exact) mass is 463 g/mol. The molecule has 0 unspecified atom stereocenters. The summed E-state index contributed by atoms with van der Waals surface area (Å²) in [4.78, 5) is 27.6. The summed E-state index contributed by atoms with van der Waals surface area (Å²) in [5.74, 6) is -0.798. The molecule has 4 rings (SSSR count). The average Bonchev–Trinajstić information content (AvgIpc) is 3.31. The third-order valence-corrected chi connectivity index (χ3v) is 6.39. The molecule has 0 radical (unpaired) electrons. The molecule has 0 aliphatic carbocycles. The number of carbonyl (C=O) groups is 2. The van der Waals surface area contributed by atoms with Gasteiger partial charge in [0.05, 0.1) is 24.3 Å². The maximum Gasteiger partial charge on any atom is 0.358 e. The molecular formula is C27H30FN3O3. The molecule has 0 bridgehead atoms. The van der Waals surface area contributed by atoms with Gasteiger partial charge in [-0.2, -0.15) is 5.10 Å². The molecule has 1 amide bonds. The fourth-order valence-electron chi connectivity index (χ4n) is 4.60. The van der Waals surface area contributed by atoms with E-state index in [4.69, 9.17) is 4.74 Å². The van der Waals surface area contributed by atoms with E-state index in [0.717, 1.165) is 36.1 Å². The van der Waals surface area contributed by atoms with Gasteiger partial charge < -0.3 is 9.64 Å². The van der Waals surface area contributed by atoms with Crippen molar-refractivity contribution in [3.05, 3.63) is 77.7 Å². The molecule has 1 aliphatic rings. The first-order valence-electron chi connectivity index (χ1n) is 11.9. The predicted molar refractivity (Wildman–Crippen MR) is 128 cm³/mol. The van der Waals surface area contributed by atoms with Crippen molar-refractivity contribution < 1.29 is 18.7 Å². The van der Waals surface area contributed by atoms with Crippen LogP contribution in [0, 0.1) is 5.82 Å². The topological polar surface area (TPSA) is 64.4 Å². The van der Waals surface area contributed by atoms with E-state index in [1.54, 1.807) is 25.1 Å². The van der Waals surface area contributed by atoms with Gasteiger partial charge in [0.15, 0.2) is 5.69 Å². The van der Waals surface area contributed by atoms with Gasteiger partial charge in [-0.1, -0.05) is 37.3 Å². The van der Waals surface area contributed by atoms with Crippen LogP contribution in [0.1, 0.15) is 61.1 Å². The number of halogens is 1. The zero-order valence-electron chi connectivity index (χ0n) is 19.6. The zero-order chi connectivity index (χ0) is 24.1. The molecule has 3 aromatic rings. The van der Waals surface area contributed by atoms with Gasteiger partial charge >= 0.3 is 5.97 Å². The number of carbonyl (C=O) groups excluding carboxylic acids is 2. The van der Waals surface area contributed by atoms with Crippen LogP contribution in [0.4, 0.5) is 4.39 Å². The van der Waals surface area contributed by atoms with Crippen LogP contribution in [-0.2, 0) is 9.53 Å². The average molecular weight is 464 g/mol. The van der Waals surface area contributed by atoms with E-state index in [0.29, 0.717) is 13.1 Å². The first-order chi connectivity index (χ1) is 16.5. The van der Waals surface area contributed by atoms with Crippen LogP contribution in [0.5, 0.6) is 0 Å². The first-order valence-corrected chi connectivity index (χ1v) is 11.9. The Morgan fingerprint density at radius 1 is 1.06 bits per heavy atom. The van der Waals surface area contributed by atoms with E-state index in [1.165, 1.54) is 12.1 Å². The summed E-state index contributed by atoms with van der Waals surface area (Å²) >= 11 is 0. The molecule has 7 heteroatoms. The molecule has 1 aliphatic heterocycles. The highest BCUT2D eigenvalue weighted by atomic mass is 19.1. The number of aromatic nitrogens is 2. The number of hydrogen-bond donors (Lipinski definition) is 0. The Hall–Kier alpha value is -3.48. The Morgan fingerprint density at radius 3 is 2.35 bits per heavy atom. The van der Waals surface area contributed by atoms with Gasteiger partial charge in [0.25, 0.3) is 0 Å². The zero-order valence-corrected chi connectivity index (χ0v) is 19.6. The van der Waals surface area contributed by atoms with Crippen molar-refractivity contribution in [3.63, 3.8) is 0 Å². The maximum atomic E-state index is 13.5. The smallest absolute Gasteiger partial charge is 0.358 e. The van der Waals surface area contributed by atoms with Crippen LogP contribution in [0.15, 0.2) is 60.7 Å². The Morgan fingerprint density at radius 2 is 1.74 bits per heavy atom. The molecule has 1 atom stereocenters. The molecule has 2 heterocycles. The second kappa shape index (κ2) is 10.6. The number of ether oxygens (including phenoxy) is 1. The quantitative estimate of drug-likeness (QED) is 0.451. The summed E-state index contributed by atoms with van der Waals surface area (Å²) in [5, 5.41) is 4.56. The van der Waals surface area contributed by atoms with E-state index >= 15 is 0 Å². The number of benzene rings is 2. The Balaban J connectivity index is 1.53. The van der Waals surface area contributed by atoms with Crippen molar-refractivity contribution in [2.45, 2.75) is 45.1 Å². The molecule has 178 valence electrons. The summed E-state index contributed by atoms with van der Waals surface area (Å²) in [6, 6.07) is 17.8. The van der Waals surface area contributed by atoms with Gasteiger partial charge in [0, 0.05) is 18.7 Å². The van der Waals surface area contributed by atoms with Crippen molar-refractivity contribution in [1.82, 2.24) is 14.7 Å². The molecule has 1 aromatic heterocycles. The summed E-state index contributed by atoms with van der Waals surface area (Å²) in [6.45, 7) is 5.28. The number of likely N-dealkylation sites (tertiary alicyclic amines) is 1. The number of piperidine rings is 1. The number of amides is 1. The lowest BCUT2D eigenvalue weighted by Crippen LogP contribution is -2.41. The highest BCUT2D eigenvalue weighted by Crippen LogP contribution is 2.31. The lowest BCUT2D eigenvalue weighted by molar-refractivity contribution is -0.134. The van der Waals surface area contributed by atoms with Crippen molar-refractivity contribution in [3.8, 4) is 11.3 Å². The van der Waals surface area contributed by atoms with E-state index in [1.807, 2.05) is 46.8 Å². The largest absolute Gasteiger partial charge is 0.461 e. The van der Waals surface area contributed by atoms with E-state index < -0.39 is 5.97 Å². The summed E-state index contributed by atoms with van der Waals surface area (Å²) in [7, 11) is 0. The highest BCUT2D eigenvalue weighted by molar-refractivity contribution is 5.88. The molecule has 34 heavy (non-hydrogen) atoms. The standard InChI is InChI=1S/C27H30FN3O3/c1-3-23(19-8-6-5-7-9-19)26(32)30-16-14-22(15-17-30)31-25(20-10-12-21(28)13-11-20)18-24(29-31)27(33)34-4-2/h5-13,18,22-23H,3-4,14-17H2,1-2H3/t23-/m1/s1. The van der Waals surface area contributed by atoms with Crippen LogP contribution in [0.3, 0.4) is 0 Å².